The molecule has 1 rings (SSSR count). The summed E-state index contributed by atoms with van der Waals surface area (Å²) < 4.78 is 54.4. The Morgan fingerprint density at radius 3 is 2.53 bits per heavy atom. The molecule has 0 amide bonds. The smallest absolute Gasteiger partial charge is 0.417 e. The Hall–Kier alpha value is -1.34. The molecule has 0 aliphatic heterocycles. The van der Waals surface area contributed by atoms with Crippen molar-refractivity contribution < 1.29 is 27.4 Å². The SMILES string of the molecule is CNC(C)c1ccc(F)cc1OCC(O)C(F)(F)F. The Bertz CT molecular complexity index is 423. The van der Waals surface area contributed by atoms with E-state index < -0.39 is 24.7 Å². The predicted molar refractivity (Wildman–Crippen MR) is 61.4 cm³/mol. The number of benzene rings is 1. The van der Waals surface area contributed by atoms with Gasteiger partial charge in [0, 0.05) is 17.7 Å². The highest BCUT2D eigenvalue weighted by molar-refractivity contribution is 5.36. The fraction of sp³-hybridized carbons (Fsp3) is 0.500. The van der Waals surface area contributed by atoms with E-state index in [0.29, 0.717) is 5.56 Å². The van der Waals surface area contributed by atoms with Crippen LogP contribution in [0.5, 0.6) is 5.75 Å². The number of rotatable bonds is 5. The van der Waals surface area contributed by atoms with Crippen molar-refractivity contribution in [2.75, 3.05) is 13.7 Å². The van der Waals surface area contributed by atoms with E-state index in [2.05, 4.69) is 5.32 Å². The molecule has 0 heterocycles. The molecule has 19 heavy (non-hydrogen) atoms. The zero-order valence-corrected chi connectivity index (χ0v) is 10.5. The Balaban J connectivity index is 2.85. The molecule has 0 aliphatic rings. The molecule has 0 saturated carbocycles. The maximum absolute atomic E-state index is 13.1. The van der Waals surface area contributed by atoms with E-state index in [-0.39, 0.29) is 11.8 Å². The zero-order chi connectivity index (χ0) is 14.6. The van der Waals surface area contributed by atoms with E-state index in [0.717, 1.165) is 6.07 Å². The molecule has 0 aromatic heterocycles. The average molecular weight is 281 g/mol. The van der Waals surface area contributed by atoms with Gasteiger partial charge in [-0.3, -0.25) is 0 Å². The molecule has 0 saturated heterocycles. The van der Waals surface area contributed by atoms with Gasteiger partial charge < -0.3 is 15.2 Å². The summed E-state index contributed by atoms with van der Waals surface area (Å²) in [5.74, 6) is -0.645. The van der Waals surface area contributed by atoms with Gasteiger partial charge in [-0.25, -0.2) is 4.39 Å². The fourth-order valence-corrected chi connectivity index (χ4v) is 1.41. The lowest BCUT2D eigenvalue weighted by Gasteiger charge is -2.19. The van der Waals surface area contributed by atoms with Crippen LogP contribution in [-0.4, -0.2) is 31.0 Å². The number of alkyl halides is 3. The van der Waals surface area contributed by atoms with E-state index in [1.807, 2.05) is 0 Å². The summed E-state index contributed by atoms with van der Waals surface area (Å²) in [6.45, 7) is 0.774. The third-order valence-electron chi connectivity index (χ3n) is 2.65. The standard InChI is InChI=1S/C12H15F4NO2/c1-7(17-2)9-4-3-8(13)5-10(9)19-6-11(18)12(14,15)16/h3-5,7,11,17-18H,6H2,1-2H3. The topological polar surface area (TPSA) is 41.5 Å². The molecule has 1 aromatic carbocycles. The van der Waals surface area contributed by atoms with E-state index >= 15 is 0 Å². The second-order valence-corrected chi connectivity index (χ2v) is 4.06. The van der Waals surface area contributed by atoms with E-state index in [1.165, 1.54) is 12.1 Å². The Labute approximate surface area is 108 Å². The first-order chi connectivity index (χ1) is 8.75. The molecular formula is C12H15F4NO2. The molecule has 3 nitrogen and oxygen atoms in total. The summed E-state index contributed by atoms with van der Waals surface area (Å²) in [7, 11) is 1.66. The predicted octanol–water partition coefficient (Wildman–Crippen LogP) is 2.41. The van der Waals surface area contributed by atoms with Crippen LogP contribution in [-0.2, 0) is 0 Å². The van der Waals surface area contributed by atoms with Crippen LogP contribution in [0.25, 0.3) is 0 Å². The van der Waals surface area contributed by atoms with Crippen molar-refractivity contribution >= 4 is 0 Å². The van der Waals surface area contributed by atoms with E-state index in [1.54, 1.807) is 14.0 Å². The van der Waals surface area contributed by atoms with Crippen molar-refractivity contribution in [2.24, 2.45) is 0 Å². The third kappa shape index (κ3) is 4.36. The van der Waals surface area contributed by atoms with Gasteiger partial charge in [-0.05, 0) is 20.0 Å². The Morgan fingerprint density at radius 2 is 2.00 bits per heavy atom. The van der Waals surface area contributed by atoms with Crippen LogP contribution in [0.2, 0.25) is 0 Å². The minimum atomic E-state index is -4.76. The molecule has 0 radical (unpaired) electrons. The number of aliphatic hydroxyl groups excluding tert-OH is 1. The number of hydrogen-bond acceptors (Lipinski definition) is 3. The largest absolute Gasteiger partial charge is 0.490 e. The molecule has 7 heteroatoms. The van der Waals surface area contributed by atoms with Crippen LogP contribution < -0.4 is 10.1 Å². The van der Waals surface area contributed by atoms with Crippen LogP contribution >= 0.6 is 0 Å². The molecule has 2 N–H and O–H groups in total. The molecule has 0 fully saturated rings. The second-order valence-electron chi connectivity index (χ2n) is 4.06. The maximum Gasteiger partial charge on any atom is 0.417 e. The highest BCUT2D eigenvalue weighted by Gasteiger charge is 2.38. The first-order valence-corrected chi connectivity index (χ1v) is 5.60. The molecule has 0 spiro atoms. The molecule has 108 valence electrons. The van der Waals surface area contributed by atoms with Crippen molar-refractivity contribution in [2.45, 2.75) is 25.2 Å². The molecular weight excluding hydrogens is 266 g/mol. The number of nitrogens with one attached hydrogen (secondary N) is 1. The number of ether oxygens (including phenoxy) is 1. The third-order valence-corrected chi connectivity index (χ3v) is 2.65. The van der Waals surface area contributed by atoms with Gasteiger partial charge in [0.25, 0.3) is 0 Å². The van der Waals surface area contributed by atoms with Crippen LogP contribution in [0.4, 0.5) is 17.6 Å². The van der Waals surface area contributed by atoms with Gasteiger partial charge in [0.05, 0.1) is 0 Å². The van der Waals surface area contributed by atoms with Gasteiger partial charge in [-0.15, -0.1) is 0 Å². The normalized spacial score (nSPS) is 15.1. The van der Waals surface area contributed by atoms with Crippen molar-refractivity contribution in [3.05, 3.63) is 29.6 Å². The van der Waals surface area contributed by atoms with E-state index in [4.69, 9.17) is 9.84 Å². The van der Waals surface area contributed by atoms with Crippen LogP contribution in [0, 0.1) is 5.82 Å². The Kier molecular flexibility index (Phi) is 5.13. The van der Waals surface area contributed by atoms with Crippen LogP contribution in [0.3, 0.4) is 0 Å². The highest BCUT2D eigenvalue weighted by atomic mass is 19.4. The summed E-state index contributed by atoms with van der Waals surface area (Å²) >= 11 is 0. The van der Waals surface area contributed by atoms with E-state index in [9.17, 15) is 17.6 Å². The average Bonchev–Trinajstić information content (AvgIpc) is 2.33. The van der Waals surface area contributed by atoms with Gasteiger partial charge in [-0.2, -0.15) is 13.2 Å². The van der Waals surface area contributed by atoms with Gasteiger partial charge >= 0.3 is 6.18 Å². The molecule has 1 aromatic rings. The van der Waals surface area contributed by atoms with Crippen LogP contribution in [0.1, 0.15) is 18.5 Å². The summed E-state index contributed by atoms with van der Waals surface area (Å²) in [5, 5.41) is 11.7. The lowest BCUT2D eigenvalue weighted by atomic mass is 10.1. The quantitative estimate of drug-likeness (QED) is 0.814. The van der Waals surface area contributed by atoms with Gasteiger partial charge in [0.2, 0.25) is 0 Å². The maximum atomic E-state index is 13.1. The van der Waals surface area contributed by atoms with Crippen molar-refractivity contribution in [3.8, 4) is 5.75 Å². The number of hydrogen-bond donors (Lipinski definition) is 2. The van der Waals surface area contributed by atoms with Gasteiger partial charge in [0.1, 0.15) is 18.2 Å². The van der Waals surface area contributed by atoms with Crippen molar-refractivity contribution in [3.63, 3.8) is 0 Å². The van der Waals surface area contributed by atoms with Gasteiger partial charge in [-0.1, -0.05) is 6.07 Å². The highest BCUT2D eigenvalue weighted by Crippen LogP contribution is 2.27. The first-order valence-electron chi connectivity index (χ1n) is 5.60. The summed E-state index contributed by atoms with van der Waals surface area (Å²) in [6.07, 6.45) is -7.37. The lowest BCUT2D eigenvalue weighted by molar-refractivity contribution is -0.210. The molecule has 0 bridgehead atoms. The lowest BCUT2D eigenvalue weighted by Crippen LogP contribution is -2.34. The minimum absolute atomic E-state index is 0.0230. The van der Waals surface area contributed by atoms with Crippen LogP contribution in [0.15, 0.2) is 18.2 Å². The fourth-order valence-electron chi connectivity index (χ4n) is 1.41. The summed E-state index contributed by atoms with van der Waals surface area (Å²) in [5.41, 5.74) is 0.512. The van der Waals surface area contributed by atoms with Crippen molar-refractivity contribution in [1.29, 1.82) is 0 Å². The van der Waals surface area contributed by atoms with Crippen molar-refractivity contribution in [1.82, 2.24) is 5.32 Å². The molecule has 2 unspecified atom stereocenters. The Morgan fingerprint density at radius 1 is 1.37 bits per heavy atom. The summed E-state index contributed by atoms with van der Waals surface area (Å²) in [6, 6.07) is 3.38. The monoisotopic (exact) mass is 281 g/mol. The number of halogens is 4. The second kappa shape index (κ2) is 6.21. The zero-order valence-electron chi connectivity index (χ0n) is 10.5. The molecule has 0 aliphatic carbocycles. The first kappa shape index (κ1) is 15.7. The minimum Gasteiger partial charge on any atom is -0.490 e. The number of aliphatic hydroxyl groups is 1. The summed E-state index contributed by atoms with van der Waals surface area (Å²) in [4.78, 5) is 0. The molecule has 2 atom stereocenters. The van der Waals surface area contributed by atoms with Gasteiger partial charge in [0.15, 0.2) is 6.10 Å².